The molecule has 1 amide bonds. The van der Waals surface area contributed by atoms with E-state index >= 15 is 0 Å². The van der Waals surface area contributed by atoms with Gasteiger partial charge in [0.1, 0.15) is 17.4 Å². The molecule has 1 saturated heterocycles. The van der Waals surface area contributed by atoms with E-state index < -0.39 is 0 Å². The quantitative estimate of drug-likeness (QED) is 0.332. The summed E-state index contributed by atoms with van der Waals surface area (Å²) in [5, 5.41) is 11.5. The van der Waals surface area contributed by atoms with Crippen molar-refractivity contribution in [2.75, 3.05) is 49.8 Å². The molecule has 0 spiro atoms. The fourth-order valence-corrected chi connectivity index (χ4v) is 4.78. The van der Waals surface area contributed by atoms with Crippen molar-refractivity contribution in [3.05, 3.63) is 73.3 Å². The van der Waals surface area contributed by atoms with Crippen molar-refractivity contribution < 1.29 is 13.9 Å². The Morgan fingerprint density at radius 1 is 1.24 bits per heavy atom. The number of amides is 1. The van der Waals surface area contributed by atoms with Gasteiger partial charge in [-0.05, 0) is 50.4 Å². The van der Waals surface area contributed by atoms with Crippen molar-refractivity contribution in [1.82, 2.24) is 19.7 Å². The van der Waals surface area contributed by atoms with Crippen molar-refractivity contribution in [2.24, 2.45) is 0 Å². The maximum Gasteiger partial charge on any atom is 0.247 e. The standard InChI is InChI=1S/C28H30FN7O2/c1-5-28(37)33-22-12-23(26(38-4)13-25(22)35(3)21-9-10-34(2)17-21)32-27-14-24-18(15-30-27)16-31-36(24)20-8-6-7-19(29)11-20/h5-8,11-16,21H,1,9-10,17H2,2-4H3,(H,30,32)(H,33,37). The topological polar surface area (TPSA) is 87.5 Å². The zero-order valence-electron chi connectivity index (χ0n) is 21.6. The van der Waals surface area contributed by atoms with E-state index in [9.17, 15) is 9.18 Å². The van der Waals surface area contributed by atoms with Crippen LogP contribution in [0.15, 0.2) is 67.5 Å². The number of carbonyl (C=O) groups is 1. The molecule has 2 aromatic carbocycles. The summed E-state index contributed by atoms with van der Waals surface area (Å²) in [5.41, 5.74) is 3.45. The van der Waals surface area contributed by atoms with Gasteiger partial charge in [0.25, 0.3) is 0 Å². The number of aromatic nitrogens is 3. The monoisotopic (exact) mass is 515 g/mol. The molecular weight excluding hydrogens is 485 g/mol. The fraction of sp³-hybridized carbons (Fsp3) is 0.250. The van der Waals surface area contributed by atoms with Crippen LogP contribution in [-0.2, 0) is 4.79 Å². The number of methoxy groups -OCH3 is 1. The molecule has 2 aromatic heterocycles. The first-order chi connectivity index (χ1) is 18.4. The number of halogens is 1. The second kappa shape index (κ2) is 10.5. The van der Waals surface area contributed by atoms with Crippen LogP contribution >= 0.6 is 0 Å². The molecule has 0 saturated carbocycles. The number of pyridine rings is 1. The smallest absolute Gasteiger partial charge is 0.247 e. The minimum Gasteiger partial charge on any atom is -0.494 e. The van der Waals surface area contributed by atoms with E-state index in [-0.39, 0.29) is 11.7 Å². The van der Waals surface area contributed by atoms with E-state index in [2.05, 4.69) is 44.1 Å². The highest BCUT2D eigenvalue weighted by molar-refractivity contribution is 6.02. The van der Waals surface area contributed by atoms with Crippen LogP contribution in [0.25, 0.3) is 16.6 Å². The van der Waals surface area contributed by atoms with E-state index in [1.165, 1.54) is 18.2 Å². The largest absolute Gasteiger partial charge is 0.494 e. The second-order valence-corrected chi connectivity index (χ2v) is 9.37. The van der Waals surface area contributed by atoms with Crippen molar-refractivity contribution in [3.8, 4) is 11.4 Å². The average Bonchev–Trinajstić information content (AvgIpc) is 3.54. The fourth-order valence-electron chi connectivity index (χ4n) is 4.78. The van der Waals surface area contributed by atoms with Crippen molar-refractivity contribution in [2.45, 2.75) is 12.5 Å². The molecule has 10 heteroatoms. The zero-order valence-corrected chi connectivity index (χ0v) is 21.6. The molecule has 196 valence electrons. The molecule has 5 rings (SSSR count). The third-order valence-corrected chi connectivity index (χ3v) is 6.82. The summed E-state index contributed by atoms with van der Waals surface area (Å²) in [5.74, 6) is 0.480. The Morgan fingerprint density at radius 3 is 2.79 bits per heavy atom. The van der Waals surface area contributed by atoms with Crippen molar-refractivity contribution in [3.63, 3.8) is 0 Å². The lowest BCUT2D eigenvalue weighted by atomic mass is 10.1. The number of nitrogens with zero attached hydrogens (tertiary/aromatic N) is 5. The maximum atomic E-state index is 13.8. The lowest BCUT2D eigenvalue weighted by Crippen LogP contribution is -2.34. The molecule has 1 unspecified atom stereocenters. The Morgan fingerprint density at radius 2 is 2.08 bits per heavy atom. The minimum atomic E-state index is -0.341. The number of nitrogens with one attached hydrogen (secondary N) is 2. The Bertz CT molecular complexity index is 1500. The summed E-state index contributed by atoms with van der Waals surface area (Å²) in [4.78, 5) is 21.3. The third-order valence-electron chi connectivity index (χ3n) is 6.82. The lowest BCUT2D eigenvalue weighted by molar-refractivity contribution is -0.111. The number of carbonyl (C=O) groups excluding carboxylic acids is 1. The van der Waals surface area contributed by atoms with Crippen molar-refractivity contribution >= 4 is 39.7 Å². The Hall–Kier alpha value is -4.44. The predicted octanol–water partition coefficient (Wildman–Crippen LogP) is 4.58. The highest BCUT2D eigenvalue weighted by atomic mass is 19.1. The number of fused-ring (bicyclic) bond motifs is 1. The predicted molar refractivity (Wildman–Crippen MR) is 148 cm³/mol. The Labute approximate surface area is 220 Å². The van der Waals surface area contributed by atoms with Crippen LogP contribution in [0.3, 0.4) is 0 Å². The summed E-state index contributed by atoms with van der Waals surface area (Å²) in [6.07, 6.45) is 5.65. The van der Waals surface area contributed by atoms with Crippen molar-refractivity contribution in [1.29, 1.82) is 0 Å². The van der Waals surface area contributed by atoms with Gasteiger partial charge in [-0.3, -0.25) is 4.79 Å². The maximum absolute atomic E-state index is 13.8. The Balaban J connectivity index is 1.52. The molecule has 1 aliphatic heterocycles. The van der Waals surface area contributed by atoms with Crippen LogP contribution < -0.4 is 20.3 Å². The van der Waals surface area contributed by atoms with Gasteiger partial charge < -0.3 is 25.2 Å². The molecule has 0 bridgehead atoms. The normalized spacial score (nSPS) is 15.4. The molecule has 0 radical (unpaired) electrons. The van der Waals surface area contributed by atoms with Crippen LogP contribution in [-0.4, -0.2) is 65.9 Å². The number of hydrogen-bond acceptors (Lipinski definition) is 7. The number of likely N-dealkylation sites (N-methyl/N-ethyl adjacent to an activating group) is 2. The van der Waals surface area contributed by atoms with Gasteiger partial charge in [-0.15, -0.1) is 0 Å². The summed E-state index contributed by atoms with van der Waals surface area (Å²) >= 11 is 0. The number of likely N-dealkylation sites (tertiary alicyclic amines) is 1. The van der Waals surface area contributed by atoms with Gasteiger partial charge in [0.2, 0.25) is 5.91 Å². The van der Waals surface area contributed by atoms with Gasteiger partial charge in [0.15, 0.2) is 0 Å². The number of rotatable bonds is 8. The summed E-state index contributed by atoms with van der Waals surface area (Å²) in [6.45, 7) is 5.53. The highest BCUT2D eigenvalue weighted by Gasteiger charge is 2.26. The SMILES string of the molecule is C=CC(=O)Nc1cc(Nc2cc3c(cn2)cnn3-c2cccc(F)c2)c(OC)cc1N(C)C1CCN(C)C1. The number of hydrogen-bond donors (Lipinski definition) is 2. The first-order valence-electron chi connectivity index (χ1n) is 12.3. The number of ether oxygens (including phenoxy) is 1. The van der Waals surface area contributed by atoms with Gasteiger partial charge in [-0.1, -0.05) is 12.6 Å². The van der Waals surface area contributed by atoms with Crippen LogP contribution in [0, 0.1) is 5.82 Å². The summed E-state index contributed by atoms with van der Waals surface area (Å²) in [6, 6.07) is 12.1. The first kappa shape index (κ1) is 25.2. The highest BCUT2D eigenvalue weighted by Crippen LogP contribution is 2.39. The van der Waals surface area contributed by atoms with E-state index in [0.29, 0.717) is 34.7 Å². The Kier molecular flexibility index (Phi) is 6.97. The third kappa shape index (κ3) is 5.03. The van der Waals surface area contributed by atoms with Crippen LogP contribution in [0.5, 0.6) is 5.75 Å². The molecule has 1 fully saturated rings. The number of benzene rings is 2. The van der Waals surface area contributed by atoms with Gasteiger partial charge >= 0.3 is 0 Å². The molecule has 3 heterocycles. The van der Waals surface area contributed by atoms with Gasteiger partial charge in [0.05, 0.1) is 41.6 Å². The minimum absolute atomic E-state index is 0.301. The van der Waals surface area contributed by atoms with Crippen LogP contribution in [0.4, 0.5) is 27.3 Å². The summed E-state index contributed by atoms with van der Waals surface area (Å²) in [7, 11) is 5.73. The lowest BCUT2D eigenvalue weighted by Gasteiger charge is -2.29. The van der Waals surface area contributed by atoms with Gasteiger partial charge in [0, 0.05) is 43.4 Å². The molecule has 38 heavy (non-hydrogen) atoms. The molecule has 4 aromatic rings. The van der Waals surface area contributed by atoms with E-state index in [1.54, 1.807) is 36.3 Å². The zero-order chi connectivity index (χ0) is 26.8. The van der Waals surface area contributed by atoms with Gasteiger partial charge in [-0.25, -0.2) is 14.1 Å². The molecule has 9 nitrogen and oxygen atoms in total. The molecule has 1 atom stereocenters. The van der Waals surface area contributed by atoms with Crippen LogP contribution in [0.2, 0.25) is 0 Å². The molecule has 2 N–H and O–H groups in total. The molecule has 0 aliphatic carbocycles. The van der Waals surface area contributed by atoms with E-state index in [0.717, 1.165) is 36.1 Å². The summed E-state index contributed by atoms with van der Waals surface area (Å²) < 4.78 is 21.2. The van der Waals surface area contributed by atoms with E-state index in [1.807, 2.05) is 25.2 Å². The average molecular weight is 516 g/mol. The van der Waals surface area contributed by atoms with E-state index in [4.69, 9.17) is 4.74 Å². The molecular formula is C28H30FN7O2. The second-order valence-electron chi connectivity index (χ2n) is 9.37. The molecule has 1 aliphatic rings. The van der Waals surface area contributed by atoms with Gasteiger partial charge in [-0.2, -0.15) is 5.10 Å². The first-order valence-corrected chi connectivity index (χ1v) is 12.3. The number of anilines is 4. The van der Waals surface area contributed by atoms with Crippen LogP contribution in [0.1, 0.15) is 6.42 Å².